The molecule has 20 heavy (non-hydrogen) atoms. The number of carbonyl (C=O) groups excluding carboxylic acids is 1. The van der Waals surface area contributed by atoms with Gasteiger partial charge in [-0.2, -0.15) is 5.26 Å². The van der Waals surface area contributed by atoms with E-state index in [9.17, 15) is 10.1 Å². The van der Waals surface area contributed by atoms with E-state index in [1.54, 1.807) is 36.4 Å². The smallest absolute Gasteiger partial charge is 0.185 e. The molecule has 0 saturated carbocycles. The summed E-state index contributed by atoms with van der Waals surface area (Å²) in [5, 5.41) is 10.1. The summed E-state index contributed by atoms with van der Waals surface area (Å²) < 4.78 is 0.648. The molecule has 100 valence electrons. The van der Waals surface area contributed by atoms with Crippen molar-refractivity contribution >= 4 is 44.9 Å². The van der Waals surface area contributed by atoms with Gasteiger partial charge >= 0.3 is 0 Å². The summed E-state index contributed by atoms with van der Waals surface area (Å²) >= 11 is 15.2. The lowest BCUT2D eigenvalue weighted by atomic mass is 9.92. The van der Waals surface area contributed by atoms with Crippen molar-refractivity contribution in [1.82, 2.24) is 0 Å². The van der Waals surface area contributed by atoms with Gasteiger partial charge in [-0.05, 0) is 23.8 Å². The fraction of sp³-hybridized carbons (Fsp3) is 0.0667. The van der Waals surface area contributed by atoms with Gasteiger partial charge in [-0.1, -0.05) is 63.4 Å². The molecule has 0 aliphatic heterocycles. The number of ketones is 1. The third kappa shape index (κ3) is 3.04. The molecule has 0 aromatic heterocycles. The Morgan fingerprint density at radius 3 is 2.50 bits per heavy atom. The molecule has 0 bridgehead atoms. The average molecular weight is 369 g/mol. The van der Waals surface area contributed by atoms with Gasteiger partial charge in [0.2, 0.25) is 0 Å². The molecule has 5 heteroatoms. The first-order valence-corrected chi connectivity index (χ1v) is 7.23. The number of carbonyl (C=O) groups is 1. The van der Waals surface area contributed by atoms with Gasteiger partial charge in [0.05, 0.1) is 6.07 Å². The number of nitrogens with zero attached hydrogens (tertiary/aromatic N) is 1. The minimum atomic E-state index is -0.960. The van der Waals surface area contributed by atoms with Gasteiger partial charge in [-0.25, -0.2) is 0 Å². The van der Waals surface area contributed by atoms with Gasteiger partial charge < -0.3 is 0 Å². The van der Waals surface area contributed by atoms with Crippen LogP contribution in [0.5, 0.6) is 0 Å². The molecule has 0 spiro atoms. The maximum Gasteiger partial charge on any atom is 0.185 e. The van der Waals surface area contributed by atoms with Gasteiger partial charge in [0.25, 0.3) is 0 Å². The molecule has 2 aromatic rings. The Hall–Kier alpha value is -1.34. The number of Topliss-reactive ketones (excluding diaryl/α,β-unsaturated/α-hetero) is 1. The summed E-state index contributed by atoms with van der Waals surface area (Å²) in [5.41, 5.74) is 0.907. The normalized spacial score (nSPS) is 11.7. The number of halogens is 3. The second-order valence-electron chi connectivity index (χ2n) is 4.07. The zero-order valence-corrected chi connectivity index (χ0v) is 13.2. The van der Waals surface area contributed by atoms with Crippen LogP contribution in [0.15, 0.2) is 46.9 Å². The molecular formula is C15H8BrCl2NO. The van der Waals surface area contributed by atoms with Crippen LogP contribution in [-0.2, 0) is 0 Å². The summed E-state index contributed by atoms with van der Waals surface area (Å²) in [4.78, 5) is 12.5. The summed E-state index contributed by atoms with van der Waals surface area (Å²) in [7, 11) is 0. The lowest BCUT2D eigenvalue weighted by Gasteiger charge is -2.11. The van der Waals surface area contributed by atoms with Crippen LogP contribution in [0.25, 0.3) is 0 Å². The molecule has 0 fully saturated rings. The third-order valence-electron chi connectivity index (χ3n) is 2.80. The van der Waals surface area contributed by atoms with E-state index in [1.165, 1.54) is 6.07 Å². The minimum Gasteiger partial charge on any atom is -0.292 e. The minimum absolute atomic E-state index is 0.302. The Morgan fingerprint density at radius 1 is 1.20 bits per heavy atom. The molecule has 1 unspecified atom stereocenters. The van der Waals surface area contributed by atoms with Gasteiger partial charge in [0, 0.05) is 20.1 Å². The number of rotatable bonds is 3. The van der Waals surface area contributed by atoms with Gasteiger partial charge in [0.1, 0.15) is 5.92 Å². The molecule has 2 rings (SSSR count). The van der Waals surface area contributed by atoms with E-state index in [4.69, 9.17) is 23.2 Å². The van der Waals surface area contributed by atoms with Crippen molar-refractivity contribution in [3.63, 3.8) is 0 Å². The summed E-state index contributed by atoms with van der Waals surface area (Å²) in [6.07, 6.45) is 0. The van der Waals surface area contributed by atoms with Gasteiger partial charge in [-0.15, -0.1) is 0 Å². The van der Waals surface area contributed by atoms with E-state index in [1.807, 2.05) is 6.07 Å². The van der Waals surface area contributed by atoms with Crippen LogP contribution in [0, 0.1) is 11.3 Å². The van der Waals surface area contributed by atoms with Gasteiger partial charge in [-0.3, -0.25) is 4.79 Å². The van der Waals surface area contributed by atoms with E-state index in [2.05, 4.69) is 15.9 Å². The lowest BCUT2D eigenvalue weighted by Crippen LogP contribution is -2.12. The Kier molecular flexibility index (Phi) is 4.82. The first kappa shape index (κ1) is 15.1. The average Bonchev–Trinajstić information content (AvgIpc) is 2.42. The molecular weight excluding hydrogens is 361 g/mol. The highest BCUT2D eigenvalue weighted by atomic mass is 79.9. The number of hydrogen-bond acceptors (Lipinski definition) is 2. The standard InChI is InChI=1S/C15H8BrCl2NO/c16-13-4-2-1-3-11(13)15(20)12(8-19)10-6-5-9(17)7-14(10)18/h1-7,12H. The van der Waals surface area contributed by atoms with Crippen molar-refractivity contribution in [1.29, 1.82) is 5.26 Å². The molecule has 1 atom stereocenters. The quantitative estimate of drug-likeness (QED) is 0.694. The zero-order chi connectivity index (χ0) is 14.7. The second kappa shape index (κ2) is 6.41. The highest BCUT2D eigenvalue weighted by molar-refractivity contribution is 9.10. The number of hydrogen-bond donors (Lipinski definition) is 0. The topological polar surface area (TPSA) is 40.9 Å². The van der Waals surface area contributed by atoms with Crippen molar-refractivity contribution in [3.8, 4) is 6.07 Å². The van der Waals surface area contributed by atoms with Crippen LogP contribution < -0.4 is 0 Å². The third-order valence-corrected chi connectivity index (χ3v) is 4.06. The van der Waals surface area contributed by atoms with Gasteiger partial charge in [0.15, 0.2) is 5.78 Å². The second-order valence-corrected chi connectivity index (χ2v) is 5.77. The van der Waals surface area contributed by atoms with Crippen LogP contribution in [-0.4, -0.2) is 5.78 Å². The molecule has 2 nitrogen and oxygen atoms in total. The number of nitriles is 1. The van der Waals surface area contributed by atoms with E-state index < -0.39 is 5.92 Å². The molecule has 0 saturated heterocycles. The molecule has 2 aromatic carbocycles. The van der Waals surface area contributed by atoms with Crippen LogP contribution in [0.1, 0.15) is 21.8 Å². The van der Waals surface area contributed by atoms with E-state index in [0.29, 0.717) is 25.6 Å². The maximum atomic E-state index is 12.5. The van der Waals surface area contributed by atoms with Crippen molar-refractivity contribution in [2.45, 2.75) is 5.92 Å². The molecule has 0 N–H and O–H groups in total. The first-order chi connectivity index (χ1) is 9.54. The first-order valence-electron chi connectivity index (χ1n) is 5.68. The predicted molar refractivity (Wildman–Crippen MR) is 83.3 cm³/mol. The van der Waals surface area contributed by atoms with Crippen molar-refractivity contribution in [2.24, 2.45) is 0 Å². The molecule has 0 aliphatic rings. The zero-order valence-electron chi connectivity index (χ0n) is 10.1. The van der Waals surface area contributed by atoms with Crippen molar-refractivity contribution < 1.29 is 4.79 Å². The lowest BCUT2D eigenvalue weighted by molar-refractivity contribution is 0.0978. The van der Waals surface area contributed by atoms with Crippen LogP contribution in [0.3, 0.4) is 0 Å². The van der Waals surface area contributed by atoms with Crippen LogP contribution in [0.4, 0.5) is 0 Å². The highest BCUT2D eigenvalue weighted by Gasteiger charge is 2.25. The van der Waals surface area contributed by atoms with E-state index >= 15 is 0 Å². The van der Waals surface area contributed by atoms with E-state index in [-0.39, 0.29) is 5.78 Å². The summed E-state index contributed by atoms with van der Waals surface area (Å²) in [6.45, 7) is 0. The number of benzene rings is 2. The maximum absolute atomic E-state index is 12.5. The molecule has 0 heterocycles. The highest BCUT2D eigenvalue weighted by Crippen LogP contribution is 2.31. The Morgan fingerprint density at radius 2 is 1.90 bits per heavy atom. The fourth-order valence-electron chi connectivity index (χ4n) is 1.82. The monoisotopic (exact) mass is 367 g/mol. The largest absolute Gasteiger partial charge is 0.292 e. The molecule has 0 amide bonds. The van der Waals surface area contributed by atoms with Crippen molar-refractivity contribution in [2.75, 3.05) is 0 Å². The van der Waals surface area contributed by atoms with Crippen molar-refractivity contribution in [3.05, 3.63) is 68.1 Å². The summed E-state index contributed by atoms with van der Waals surface area (Å²) in [6, 6.07) is 13.7. The molecule has 0 radical (unpaired) electrons. The summed E-state index contributed by atoms with van der Waals surface area (Å²) in [5.74, 6) is -1.26. The Balaban J connectivity index is 2.46. The van der Waals surface area contributed by atoms with Crippen LogP contribution in [0.2, 0.25) is 10.0 Å². The molecule has 0 aliphatic carbocycles. The Bertz CT molecular complexity index is 709. The Labute approximate surface area is 135 Å². The fourth-order valence-corrected chi connectivity index (χ4v) is 2.82. The van der Waals surface area contributed by atoms with Crippen LogP contribution >= 0.6 is 39.1 Å². The van der Waals surface area contributed by atoms with E-state index in [0.717, 1.165) is 0 Å². The predicted octanol–water partition coefficient (Wildman–Crippen LogP) is 5.25. The SMILES string of the molecule is N#CC(C(=O)c1ccccc1Br)c1ccc(Cl)cc1Cl.